The van der Waals surface area contributed by atoms with Crippen molar-refractivity contribution in [2.45, 2.75) is 25.6 Å². The summed E-state index contributed by atoms with van der Waals surface area (Å²) in [6.45, 7) is 1.96. The highest BCUT2D eigenvalue weighted by atomic mass is 19.4. The average Bonchev–Trinajstić information content (AvgIpc) is 2.45. The maximum atomic E-state index is 12.6. The van der Waals surface area contributed by atoms with Crippen LogP contribution in [-0.4, -0.2) is 30.7 Å². The van der Waals surface area contributed by atoms with Gasteiger partial charge in [-0.05, 0) is 43.6 Å². The van der Waals surface area contributed by atoms with Crippen molar-refractivity contribution >= 4 is 0 Å². The van der Waals surface area contributed by atoms with Crippen molar-refractivity contribution in [2.24, 2.45) is 11.7 Å². The fourth-order valence-corrected chi connectivity index (χ4v) is 2.58. The molecule has 1 aliphatic heterocycles. The van der Waals surface area contributed by atoms with Crippen molar-refractivity contribution < 1.29 is 13.2 Å². The highest BCUT2D eigenvalue weighted by Crippen LogP contribution is 2.34. The summed E-state index contributed by atoms with van der Waals surface area (Å²) in [5, 5.41) is 0. The maximum absolute atomic E-state index is 12.6. The standard InChI is InChI=1S/C16H19F3N2/c17-16(18,19)15-6-9-21(10-7-15)12-14-4-1-3-13(11-14)5-2-8-20/h1,3-4,11,15H,6-10,12,20H2. The Morgan fingerprint density at radius 3 is 2.57 bits per heavy atom. The fraction of sp³-hybridized carbons (Fsp3) is 0.500. The lowest BCUT2D eigenvalue weighted by atomic mass is 9.96. The molecule has 1 aliphatic rings. The van der Waals surface area contributed by atoms with E-state index in [1.807, 2.05) is 24.3 Å². The van der Waals surface area contributed by atoms with Crippen LogP contribution in [0.15, 0.2) is 24.3 Å². The summed E-state index contributed by atoms with van der Waals surface area (Å²) in [4.78, 5) is 2.07. The number of piperidine rings is 1. The Bertz CT molecular complexity index is 520. The molecule has 21 heavy (non-hydrogen) atoms. The summed E-state index contributed by atoms with van der Waals surface area (Å²) in [5.74, 6) is 4.62. The molecule has 1 heterocycles. The topological polar surface area (TPSA) is 29.3 Å². The molecule has 0 saturated carbocycles. The summed E-state index contributed by atoms with van der Waals surface area (Å²) < 4.78 is 37.9. The average molecular weight is 296 g/mol. The summed E-state index contributed by atoms with van der Waals surface area (Å²) in [6.07, 6.45) is -3.67. The van der Waals surface area contributed by atoms with Crippen LogP contribution < -0.4 is 5.73 Å². The van der Waals surface area contributed by atoms with Gasteiger partial charge in [-0.1, -0.05) is 24.0 Å². The molecule has 1 saturated heterocycles. The summed E-state index contributed by atoms with van der Waals surface area (Å²) >= 11 is 0. The van der Waals surface area contributed by atoms with E-state index in [2.05, 4.69) is 16.7 Å². The van der Waals surface area contributed by atoms with Crippen molar-refractivity contribution in [1.82, 2.24) is 4.90 Å². The first-order valence-electron chi connectivity index (χ1n) is 7.06. The zero-order valence-electron chi connectivity index (χ0n) is 11.8. The molecule has 2 N–H and O–H groups in total. The number of nitrogens with zero attached hydrogens (tertiary/aromatic N) is 1. The molecule has 0 spiro atoms. The third kappa shape index (κ3) is 4.76. The molecule has 2 rings (SSSR count). The van der Waals surface area contributed by atoms with Gasteiger partial charge in [-0.3, -0.25) is 4.90 Å². The van der Waals surface area contributed by atoms with Gasteiger partial charge >= 0.3 is 6.18 Å². The van der Waals surface area contributed by atoms with Crippen LogP contribution in [0.2, 0.25) is 0 Å². The molecule has 0 bridgehead atoms. The minimum atomic E-state index is -4.05. The number of nitrogens with two attached hydrogens (primary N) is 1. The Morgan fingerprint density at radius 1 is 1.24 bits per heavy atom. The first-order chi connectivity index (χ1) is 9.99. The number of alkyl halides is 3. The van der Waals surface area contributed by atoms with Crippen LogP contribution in [0, 0.1) is 17.8 Å². The van der Waals surface area contributed by atoms with Crippen molar-refractivity contribution in [3.05, 3.63) is 35.4 Å². The van der Waals surface area contributed by atoms with Gasteiger partial charge in [-0.2, -0.15) is 13.2 Å². The number of hydrogen-bond acceptors (Lipinski definition) is 2. The minimum absolute atomic E-state index is 0.191. The number of rotatable bonds is 2. The molecule has 0 aliphatic carbocycles. The van der Waals surface area contributed by atoms with E-state index in [1.54, 1.807) is 0 Å². The van der Waals surface area contributed by atoms with Crippen LogP contribution in [0.3, 0.4) is 0 Å². The quantitative estimate of drug-likeness (QED) is 0.850. The van der Waals surface area contributed by atoms with Crippen LogP contribution in [-0.2, 0) is 6.54 Å². The summed E-state index contributed by atoms with van der Waals surface area (Å²) in [5.41, 5.74) is 7.30. The lowest BCUT2D eigenvalue weighted by molar-refractivity contribution is -0.185. The predicted molar refractivity (Wildman–Crippen MR) is 76.4 cm³/mol. The van der Waals surface area contributed by atoms with E-state index in [9.17, 15) is 13.2 Å². The van der Waals surface area contributed by atoms with Crippen LogP contribution in [0.1, 0.15) is 24.0 Å². The van der Waals surface area contributed by atoms with Crippen LogP contribution in [0.4, 0.5) is 13.2 Å². The lowest BCUT2D eigenvalue weighted by Crippen LogP contribution is -2.38. The molecular formula is C16H19F3N2. The Hall–Kier alpha value is -1.51. The zero-order valence-corrected chi connectivity index (χ0v) is 11.8. The first kappa shape index (κ1) is 15.9. The summed E-state index contributed by atoms with van der Waals surface area (Å²) in [7, 11) is 0. The van der Waals surface area contributed by atoms with Gasteiger partial charge in [0.05, 0.1) is 12.5 Å². The van der Waals surface area contributed by atoms with Gasteiger partial charge in [0.25, 0.3) is 0 Å². The van der Waals surface area contributed by atoms with E-state index < -0.39 is 12.1 Å². The highest BCUT2D eigenvalue weighted by molar-refractivity contribution is 5.37. The lowest BCUT2D eigenvalue weighted by Gasteiger charge is -2.32. The third-order valence-electron chi connectivity index (χ3n) is 3.72. The molecule has 0 aromatic heterocycles. The Balaban J connectivity index is 1.92. The van der Waals surface area contributed by atoms with E-state index in [0.717, 1.165) is 11.1 Å². The Kier molecular flexibility index (Phi) is 5.27. The summed E-state index contributed by atoms with van der Waals surface area (Å²) in [6, 6.07) is 7.77. The van der Waals surface area contributed by atoms with E-state index >= 15 is 0 Å². The number of halogens is 3. The maximum Gasteiger partial charge on any atom is 0.391 e. The minimum Gasteiger partial charge on any atom is -0.320 e. The molecule has 5 heteroatoms. The van der Waals surface area contributed by atoms with Crippen LogP contribution in [0.5, 0.6) is 0 Å². The van der Waals surface area contributed by atoms with Crippen LogP contribution >= 0.6 is 0 Å². The van der Waals surface area contributed by atoms with Gasteiger partial charge in [0.15, 0.2) is 0 Å². The molecule has 0 atom stereocenters. The fourth-order valence-electron chi connectivity index (χ4n) is 2.58. The monoisotopic (exact) mass is 296 g/mol. The number of likely N-dealkylation sites (tertiary alicyclic amines) is 1. The van der Waals surface area contributed by atoms with Crippen molar-refractivity contribution in [1.29, 1.82) is 0 Å². The normalized spacial score (nSPS) is 17.3. The van der Waals surface area contributed by atoms with Crippen molar-refractivity contribution in [3.8, 4) is 11.8 Å². The van der Waals surface area contributed by atoms with Gasteiger partial charge in [-0.15, -0.1) is 0 Å². The Labute approximate surface area is 123 Å². The predicted octanol–water partition coefficient (Wildman–Crippen LogP) is 2.77. The SMILES string of the molecule is NCC#Cc1cccc(CN2CCC(C(F)(F)F)CC2)c1. The second-order valence-corrected chi connectivity index (χ2v) is 5.30. The van der Waals surface area contributed by atoms with Gasteiger partial charge in [0, 0.05) is 12.1 Å². The molecule has 0 amide bonds. The van der Waals surface area contributed by atoms with E-state index in [-0.39, 0.29) is 12.8 Å². The van der Waals surface area contributed by atoms with E-state index in [4.69, 9.17) is 5.73 Å². The Morgan fingerprint density at radius 2 is 1.95 bits per heavy atom. The van der Waals surface area contributed by atoms with E-state index in [1.165, 1.54) is 0 Å². The third-order valence-corrected chi connectivity index (χ3v) is 3.72. The largest absolute Gasteiger partial charge is 0.391 e. The molecule has 0 radical (unpaired) electrons. The second kappa shape index (κ2) is 6.97. The second-order valence-electron chi connectivity index (χ2n) is 5.30. The van der Waals surface area contributed by atoms with Gasteiger partial charge in [-0.25, -0.2) is 0 Å². The van der Waals surface area contributed by atoms with Crippen molar-refractivity contribution in [2.75, 3.05) is 19.6 Å². The number of hydrogen-bond donors (Lipinski definition) is 1. The molecule has 2 nitrogen and oxygen atoms in total. The molecule has 1 aromatic carbocycles. The number of benzene rings is 1. The van der Waals surface area contributed by atoms with Gasteiger partial charge in [0.2, 0.25) is 0 Å². The first-order valence-corrected chi connectivity index (χ1v) is 7.06. The van der Waals surface area contributed by atoms with Crippen LogP contribution in [0.25, 0.3) is 0 Å². The molecule has 114 valence electrons. The molecular weight excluding hydrogens is 277 g/mol. The molecule has 1 fully saturated rings. The molecule has 0 unspecified atom stereocenters. The zero-order chi connectivity index (χ0) is 15.3. The van der Waals surface area contributed by atoms with Gasteiger partial charge < -0.3 is 5.73 Å². The van der Waals surface area contributed by atoms with E-state index in [0.29, 0.717) is 26.2 Å². The van der Waals surface area contributed by atoms with Gasteiger partial charge in [0.1, 0.15) is 0 Å². The highest BCUT2D eigenvalue weighted by Gasteiger charge is 2.40. The van der Waals surface area contributed by atoms with Crippen molar-refractivity contribution in [3.63, 3.8) is 0 Å². The smallest absolute Gasteiger partial charge is 0.320 e. The molecule has 1 aromatic rings.